The van der Waals surface area contributed by atoms with Crippen LogP contribution in [0.15, 0.2) is 61.2 Å². The predicted octanol–water partition coefficient (Wildman–Crippen LogP) is 4.76. The molecule has 286 valence electrons. The number of fused-ring (bicyclic) bond motifs is 1. The maximum Gasteiger partial charge on any atom is 0.263 e. The van der Waals surface area contributed by atoms with Gasteiger partial charge in [0.1, 0.15) is 17.8 Å². The molecular formula is C41H44N12O3. The number of pyridine rings is 2. The zero-order valence-electron chi connectivity index (χ0n) is 31.3. The molecular weight excluding hydrogens is 709 g/mol. The van der Waals surface area contributed by atoms with Crippen LogP contribution in [0.25, 0.3) is 22.5 Å². The van der Waals surface area contributed by atoms with Gasteiger partial charge < -0.3 is 15.3 Å². The lowest BCUT2D eigenvalue weighted by Gasteiger charge is -2.34. The summed E-state index contributed by atoms with van der Waals surface area (Å²) in [6.07, 6.45) is 14.8. The fourth-order valence-electron chi connectivity index (χ4n) is 8.46. The van der Waals surface area contributed by atoms with Crippen molar-refractivity contribution < 1.29 is 14.7 Å². The molecule has 0 spiro atoms. The fourth-order valence-corrected chi connectivity index (χ4v) is 8.46. The van der Waals surface area contributed by atoms with Crippen LogP contribution in [-0.4, -0.2) is 82.2 Å². The topological polar surface area (TPSA) is 204 Å². The minimum absolute atomic E-state index is 0.105. The van der Waals surface area contributed by atoms with Crippen LogP contribution in [-0.2, 0) is 15.2 Å². The molecule has 0 radical (unpaired) electrons. The van der Waals surface area contributed by atoms with E-state index in [1.807, 2.05) is 36.5 Å². The molecule has 0 bridgehead atoms. The first-order chi connectivity index (χ1) is 27.2. The number of imide groups is 1. The second-order valence-corrected chi connectivity index (χ2v) is 15.4. The summed E-state index contributed by atoms with van der Waals surface area (Å²) in [5.74, 6) is 0.994. The Kier molecular flexibility index (Phi) is 10.3. The van der Waals surface area contributed by atoms with Crippen LogP contribution in [0.5, 0.6) is 0 Å². The van der Waals surface area contributed by atoms with E-state index in [4.69, 9.17) is 0 Å². The standard InChI is InChI=1S/C41H44N12O3/c1-26(20-42)47-34-19-37(53-39-32(23-46-53)18-28(21-43)22-45-39)44-24-36(34)52-25-35(49-50-52)31-4-2-27(3-5-31)11-15-51-16-12-30(13-17-51)29-6-8-33(9-7-29)41(56)14-10-38(54)48-40(41)55/h6-9,18-19,22-27,30-31,56H,2-5,10-17H2,1H3,(H,44,47)(H,48,54,55)/t26-,27?,31?,41?/m1/s1. The van der Waals surface area contributed by atoms with Gasteiger partial charge >= 0.3 is 0 Å². The number of hydrogen-bond donors (Lipinski definition) is 3. The molecule has 2 aliphatic heterocycles. The molecule has 56 heavy (non-hydrogen) atoms. The molecule has 6 heterocycles. The molecule has 3 aliphatic rings. The van der Waals surface area contributed by atoms with Crippen LogP contribution < -0.4 is 10.6 Å². The first-order valence-corrected chi connectivity index (χ1v) is 19.4. The Labute approximate surface area is 324 Å². The first kappa shape index (κ1) is 36.9. The average Bonchev–Trinajstić information content (AvgIpc) is 3.90. The lowest BCUT2D eigenvalue weighted by atomic mass is 9.79. The fraction of sp³-hybridized carbons (Fsp3) is 0.439. The van der Waals surface area contributed by atoms with E-state index < -0.39 is 17.6 Å². The number of rotatable bonds is 10. The summed E-state index contributed by atoms with van der Waals surface area (Å²) in [6.45, 7) is 4.99. The third kappa shape index (κ3) is 7.48. The Morgan fingerprint density at radius 2 is 1.79 bits per heavy atom. The lowest BCUT2D eigenvalue weighted by molar-refractivity contribution is -0.151. The Balaban J connectivity index is 0.838. The zero-order valence-corrected chi connectivity index (χ0v) is 31.3. The van der Waals surface area contributed by atoms with Crippen molar-refractivity contribution in [1.82, 2.24) is 45.0 Å². The molecule has 2 saturated heterocycles. The van der Waals surface area contributed by atoms with Gasteiger partial charge in [0.25, 0.3) is 5.91 Å². The van der Waals surface area contributed by atoms with E-state index in [2.05, 4.69) is 53.1 Å². The number of hydrogen-bond acceptors (Lipinski definition) is 12. The van der Waals surface area contributed by atoms with Crippen LogP contribution in [0.1, 0.15) is 98.9 Å². The predicted molar refractivity (Wildman–Crippen MR) is 205 cm³/mol. The molecule has 2 amide bonds. The van der Waals surface area contributed by atoms with E-state index in [0.29, 0.717) is 51.7 Å². The average molecular weight is 753 g/mol. The summed E-state index contributed by atoms with van der Waals surface area (Å²) < 4.78 is 3.33. The lowest BCUT2D eigenvalue weighted by Crippen LogP contribution is -2.51. The molecule has 3 N–H and O–H groups in total. The van der Waals surface area contributed by atoms with Gasteiger partial charge in [-0.3, -0.25) is 14.9 Å². The largest absolute Gasteiger partial charge is 0.375 e. The second-order valence-electron chi connectivity index (χ2n) is 15.4. The molecule has 4 aromatic heterocycles. The van der Waals surface area contributed by atoms with Crippen molar-refractivity contribution in [2.75, 3.05) is 25.0 Å². The highest BCUT2D eigenvalue weighted by Gasteiger charge is 2.42. The maximum absolute atomic E-state index is 12.4. The van der Waals surface area contributed by atoms with Crippen LogP contribution in [0.2, 0.25) is 0 Å². The van der Waals surface area contributed by atoms with Gasteiger partial charge in [0.2, 0.25) is 5.91 Å². The zero-order chi connectivity index (χ0) is 38.8. The van der Waals surface area contributed by atoms with Crippen LogP contribution >= 0.6 is 0 Å². The molecule has 1 aromatic carbocycles. The van der Waals surface area contributed by atoms with Crippen molar-refractivity contribution in [2.45, 2.75) is 88.2 Å². The number of likely N-dealkylation sites (tertiary alicyclic amines) is 1. The molecule has 2 atom stereocenters. The Bertz CT molecular complexity index is 2320. The highest BCUT2D eigenvalue weighted by molar-refractivity contribution is 6.02. The van der Waals surface area contributed by atoms with Crippen LogP contribution in [0.4, 0.5) is 5.69 Å². The number of amides is 2. The summed E-state index contributed by atoms with van der Waals surface area (Å²) in [7, 11) is 0. The minimum Gasteiger partial charge on any atom is -0.375 e. The summed E-state index contributed by atoms with van der Waals surface area (Å²) in [5.41, 5.74) is 3.43. The number of aromatic nitrogens is 7. The third-order valence-corrected chi connectivity index (χ3v) is 11.9. The first-order valence-electron chi connectivity index (χ1n) is 19.4. The van der Waals surface area contributed by atoms with Gasteiger partial charge in [-0.25, -0.2) is 14.6 Å². The van der Waals surface area contributed by atoms with Gasteiger partial charge in [-0.15, -0.1) is 5.10 Å². The normalized spacial score (nSPS) is 22.6. The number of anilines is 1. The van der Waals surface area contributed by atoms with Crippen molar-refractivity contribution in [2.24, 2.45) is 5.92 Å². The van der Waals surface area contributed by atoms with Gasteiger partial charge in [0.15, 0.2) is 17.1 Å². The summed E-state index contributed by atoms with van der Waals surface area (Å²) in [4.78, 5) is 35.6. The SMILES string of the molecule is C[C@H](C#N)Nc1cc(-n2ncc3cc(C#N)cnc32)ncc1-n1cc(C2CCC(CCN3CCC(c4ccc(C5(O)CCC(=O)NC5=O)cc4)CC3)CC2)nn1. The molecule has 15 nitrogen and oxygen atoms in total. The van der Waals surface area contributed by atoms with Gasteiger partial charge in [0, 0.05) is 30.0 Å². The maximum atomic E-state index is 12.4. The number of nitrogens with one attached hydrogen (secondary N) is 2. The van der Waals surface area contributed by atoms with Crippen molar-refractivity contribution in [3.63, 3.8) is 0 Å². The highest BCUT2D eigenvalue weighted by Crippen LogP contribution is 2.38. The third-order valence-electron chi connectivity index (χ3n) is 11.9. The molecule has 1 saturated carbocycles. The number of benzene rings is 1. The minimum atomic E-state index is -1.65. The van der Waals surface area contributed by atoms with Crippen molar-refractivity contribution in [3.8, 4) is 23.6 Å². The van der Waals surface area contributed by atoms with Crippen LogP contribution in [0, 0.1) is 28.6 Å². The summed E-state index contributed by atoms with van der Waals surface area (Å²) in [6, 6.07) is 15.2. The monoisotopic (exact) mass is 752 g/mol. The van der Waals surface area contributed by atoms with Gasteiger partial charge in [0.05, 0.1) is 41.6 Å². The quantitative estimate of drug-likeness (QED) is 0.165. The number of piperidine rings is 2. The molecule has 1 aliphatic carbocycles. The van der Waals surface area contributed by atoms with E-state index in [1.165, 1.54) is 18.2 Å². The summed E-state index contributed by atoms with van der Waals surface area (Å²) >= 11 is 0. The number of nitrogens with zero attached hydrogens (tertiary/aromatic N) is 10. The Morgan fingerprint density at radius 3 is 2.52 bits per heavy atom. The number of carbonyl (C=O) groups is 2. The van der Waals surface area contributed by atoms with Gasteiger partial charge in [-0.1, -0.05) is 29.5 Å². The van der Waals surface area contributed by atoms with Crippen molar-refractivity contribution in [3.05, 3.63) is 83.6 Å². The number of nitriles is 2. The molecule has 8 rings (SSSR count). The highest BCUT2D eigenvalue weighted by atomic mass is 16.3. The Morgan fingerprint density at radius 1 is 1.00 bits per heavy atom. The smallest absolute Gasteiger partial charge is 0.263 e. The van der Waals surface area contributed by atoms with E-state index in [9.17, 15) is 25.2 Å². The van der Waals surface area contributed by atoms with E-state index in [0.717, 1.165) is 69.2 Å². The summed E-state index contributed by atoms with van der Waals surface area (Å²) in [5, 5.41) is 49.6. The molecule has 3 fully saturated rings. The molecule has 5 aromatic rings. The van der Waals surface area contributed by atoms with E-state index >= 15 is 0 Å². The van der Waals surface area contributed by atoms with E-state index in [1.54, 1.807) is 34.7 Å². The van der Waals surface area contributed by atoms with Crippen molar-refractivity contribution in [1.29, 1.82) is 10.5 Å². The molecule has 15 heteroatoms. The molecule has 1 unspecified atom stereocenters. The Hall–Kier alpha value is -6.03. The second kappa shape index (κ2) is 15.6. The van der Waals surface area contributed by atoms with E-state index in [-0.39, 0.29) is 18.7 Å². The number of aliphatic hydroxyl groups is 1. The van der Waals surface area contributed by atoms with Crippen molar-refractivity contribution >= 4 is 28.5 Å². The van der Waals surface area contributed by atoms with Crippen LogP contribution in [0.3, 0.4) is 0 Å². The number of carbonyl (C=O) groups excluding carboxylic acids is 2. The van der Waals surface area contributed by atoms with Gasteiger partial charge in [-0.05, 0) is 107 Å². The van der Waals surface area contributed by atoms with Gasteiger partial charge in [-0.2, -0.15) is 20.3 Å².